The Morgan fingerprint density at radius 2 is 1.93 bits per heavy atom. The smallest absolute Gasteiger partial charge is 0.337 e. The minimum absolute atomic E-state index is 0.115. The Morgan fingerprint density at radius 1 is 1.24 bits per heavy atom. The number of carbonyl (C=O) groups is 1. The zero-order chi connectivity index (χ0) is 21.2. The first kappa shape index (κ1) is 20.5. The normalized spacial score (nSPS) is 12.6. The van der Waals surface area contributed by atoms with E-state index in [4.69, 9.17) is 4.74 Å². The number of fused-ring (bicyclic) bond motifs is 1. The predicted octanol–water partition coefficient (Wildman–Crippen LogP) is 2.52. The van der Waals surface area contributed by atoms with Gasteiger partial charge >= 0.3 is 5.97 Å². The number of anilines is 1. The maximum absolute atomic E-state index is 12.3. The second-order valence-electron chi connectivity index (χ2n) is 7.52. The molecule has 0 aliphatic rings. The van der Waals surface area contributed by atoms with Crippen LogP contribution in [0.2, 0.25) is 0 Å². The second-order valence-corrected chi connectivity index (χ2v) is 7.52. The summed E-state index contributed by atoms with van der Waals surface area (Å²) >= 11 is 0. The summed E-state index contributed by atoms with van der Waals surface area (Å²) in [6.45, 7) is 5.33. The maximum Gasteiger partial charge on any atom is 0.337 e. The Morgan fingerprint density at radius 3 is 2.55 bits per heavy atom. The summed E-state index contributed by atoms with van der Waals surface area (Å²) in [7, 11) is 1.34. The highest BCUT2D eigenvalue weighted by molar-refractivity contribution is 5.89. The van der Waals surface area contributed by atoms with Gasteiger partial charge in [-0.25, -0.2) is 9.78 Å². The van der Waals surface area contributed by atoms with Gasteiger partial charge in [-0.15, -0.1) is 0 Å². The molecule has 0 bridgehead atoms. The largest absolute Gasteiger partial charge is 0.465 e. The van der Waals surface area contributed by atoms with Crippen molar-refractivity contribution in [1.29, 1.82) is 0 Å². The third-order valence-electron chi connectivity index (χ3n) is 4.45. The highest BCUT2D eigenvalue weighted by atomic mass is 16.5. The molecule has 0 spiro atoms. The standard InChI is InChI=1S/C21H24N4O4/c1-13(14-5-7-15(8-6-14)19(27)29-4)23-20-22-11-16-9-10-17(26)25(18(16)24-20)12-21(2,3)28/h5-11,13,28H,12H2,1-4H3,(H,22,23,24). The monoisotopic (exact) mass is 396 g/mol. The van der Waals surface area contributed by atoms with Gasteiger partial charge in [0.15, 0.2) is 0 Å². The number of benzene rings is 1. The van der Waals surface area contributed by atoms with Gasteiger partial charge in [-0.2, -0.15) is 4.98 Å². The van der Waals surface area contributed by atoms with Gasteiger partial charge in [-0.05, 0) is 44.5 Å². The summed E-state index contributed by atoms with van der Waals surface area (Å²) in [5.41, 5.74) is 0.552. The molecule has 8 heteroatoms. The average molecular weight is 396 g/mol. The molecule has 2 aromatic heterocycles. The molecule has 152 valence electrons. The summed E-state index contributed by atoms with van der Waals surface area (Å²) in [4.78, 5) is 32.7. The fraction of sp³-hybridized carbons (Fsp3) is 0.333. The number of aliphatic hydroxyl groups is 1. The predicted molar refractivity (Wildman–Crippen MR) is 110 cm³/mol. The molecule has 2 heterocycles. The molecule has 0 aliphatic carbocycles. The molecule has 1 unspecified atom stereocenters. The van der Waals surface area contributed by atoms with Crippen LogP contribution >= 0.6 is 0 Å². The third kappa shape index (κ3) is 4.78. The van der Waals surface area contributed by atoms with Gasteiger partial charge in [0.05, 0.1) is 30.9 Å². The minimum atomic E-state index is -1.06. The van der Waals surface area contributed by atoms with Crippen molar-refractivity contribution in [3.8, 4) is 0 Å². The first-order valence-electron chi connectivity index (χ1n) is 9.22. The van der Waals surface area contributed by atoms with E-state index in [0.29, 0.717) is 22.5 Å². The molecule has 3 aromatic rings. The van der Waals surface area contributed by atoms with E-state index in [1.165, 1.54) is 17.7 Å². The first-order valence-corrected chi connectivity index (χ1v) is 9.22. The fourth-order valence-electron chi connectivity index (χ4n) is 2.98. The number of aromatic nitrogens is 3. The number of hydrogen-bond acceptors (Lipinski definition) is 7. The zero-order valence-electron chi connectivity index (χ0n) is 16.8. The van der Waals surface area contributed by atoms with E-state index in [2.05, 4.69) is 15.3 Å². The van der Waals surface area contributed by atoms with Crippen LogP contribution in [0.1, 0.15) is 42.7 Å². The van der Waals surface area contributed by atoms with Gasteiger partial charge in [0.1, 0.15) is 5.65 Å². The van der Waals surface area contributed by atoms with E-state index >= 15 is 0 Å². The topological polar surface area (TPSA) is 106 Å². The molecule has 0 radical (unpaired) electrons. The van der Waals surface area contributed by atoms with Gasteiger partial charge in [0, 0.05) is 17.6 Å². The van der Waals surface area contributed by atoms with Crippen LogP contribution in [-0.4, -0.2) is 38.3 Å². The summed E-state index contributed by atoms with van der Waals surface area (Å²) in [5.74, 6) is -0.0306. The molecule has 1 atom stereocenters. The van der Waals surface area contributed by atoms with Crippen LogP contribution in [0.3, 0.4) is 0 Å². The molecule has 29 heavy (non-hydrogen) atoms. The summed E-state index contributed by atoms with van der Waals surface area (Å²) < 4.78 is 6.15. The van der Waals surface area contributed by atoms with Crippen LogP contribution in [0.15, 0.2) is 47.4 Å². The molecule has 2 N–H and O–H groups in total. The highest BCUT2D eigenvalue weighted by Gasteiger charge is 2.17. The lowest BCUT2D eigenvalue weighted by molar-refractivity contribution is 0.0598. The van der Waals surface area contributed by atoms with Crippen LogP contribution in [0, 0.1) is 0 Å². The quantitative estimate of drug-likeness (QED) is 0.617. The number of methoxy groups -OCH3 is 1. The molecular formula is C21H24N4O4. The Bertz CT molecular complexity index is 1080. The number of nitrogens with zero attached hydrogens (tertiary/aromatic N) is 3. The number of esters is 1. The summed E-state index contributed by atoms with van der Waals surface area (Å²) in [6, 6.07) is 10.0. The lowest BCUT2D eigenvalue weighted by Gasteiger charge is -2.20. The van der Waals surface area contributed by atoms with E-state index in [1.807, 2.05) is 19.1 Å². The van der Waals surface area contributed by atoms with E-state index < -0.39 is 5.60 Å². The molecule has 0 amide bonds. The first-order chi connectivity index (χ1) is 13.7. The minimum Gasteiger partial charge on any atom is -0.465 e. The van der Waals surface area contributed by atoms with Crippen LogP contribution in [0.25, 0.3) is 11.0 Å². The van der Waals surface area contributed by atoms with Crippen molar-refractivity contribution in [3.63, 3.8) is 0 Å². The van der Waals surface area contributed by atoms with Crippen LogP contribution in [-0.2, 0) is 11.3 Å². The Hall–Kier alpha value is -3.26. The number of hydrogen-bond donors (Lipinski definition) is 2. The van der Waals surface area contributed by atoms with E-state index in [1.54, 1.807) is 38.2 Å². The molecule has 3 rings (SSSR count). The lowest BCUT2D eigenvalue weighted by Crippen LogP contribution is -2.33. The van der Waals surface area contributed by atoms with Crippen molar-refractivity contribution < 1.29 is 14.6 Å². The fourth-order valence-corrected chi connectivity index (χ4v) is 2.98. The van der Waals surface area contributed by atoms with Crippen molar-refractivity contribution in [2.24, 2.45) is 0 Å². The average Bonchev–Trinajstić information content (AvgIpc) is 2.69. The van der Waals surface area contributed by atoms with Gasteiger partial charge < -0.3 is 15.2 Å². The Kier molecular flexibility index (Phi) is 5.65. The number of rotatable bonds is 6. The van der Waals surface area contributed by atoms with Crippen molar-refractivity contribution in [2.45, 2.75) is 39.0 Å². The summed E-state index contributed by atoms with van der Waals surface area (Å²) in [6.07, 6.45) is 1.64. The summed E-state index contributed by atoms with van der Waals surface area (Å²) in [5, 5.41) is 14.1. The Balaban J connectivity index is 1.89. The van der Waals surface area contributed by atoms with Crippen molar-refractivity contribution in [1.82, 2.24) is 14.5 Å². The lowest BCUT2D eigenvalue weighted by atomic mass is 10.1. The molecular weight excluding hydrogens is 372 g/mol. The van der Waals surface area contributed by atoms with Gasteiger partial charge in [0.25, 0.3) is 5.56 Å². The number of ether oxygens (including phenoxy) is 1. The van der Waals surface area contributed by atoms with Crippen LogP contribution < -0.4 is 10.9 Å². The SMILES string of the molecule is COC(=O)c1ccc(C(C)Nc2ncc3ccc(=O)n(CC(C)(C)O)c3n2)cc1. The van der Waals surface area contributed by atoms with Crippen LogP contribution in [0.4, 0.5) is 5.95 Å². The zero-order valence-corrected chi connectivity index (χ0v) is 16.8. The maximum atomic E-state index is 12.3. The van der Waals surface area contributed by atoms with Crippen molar-refractivity contribution in [2.75, 3.05) is 12.4 Å². The van der Waals surface area contributed by atoms with Crippen molar-refractivity contribution >= 4 is 23.0 Å². The van der Waals surface area contributed by atoms with E-state index in [9.17, 15) is 14.7 Å². The van der Waals surface area contributed by atoms with E-state index in [0.717, 1.165) is 5.56 Å². The number of nitrogens with one attached hydrogen (secondary N) is 1. The van der Waals surface area contributed by atoms with Gasteiger partial charge in [-0.1, -0.05) is 12.1 Å². The van der Waals surface area contributed by atoms with Crippen molar-refractivity contribution in [3.05, 3.63) is 64.1 Å². The van der Waals surface area contributed by atoms with E-state index in [-0.39, 0.29) is 24.1 Å². The molecule has 8 nitrogen and oxygen atoms in total. The molecule has 0 fully saturated rings. The molecule has 0 saturated heterocycles. The number of carbonyl (C=O) groups excluding carboxylic acids is 1. The molecule has 0 saturated carbocycles. The second kappa shape index (κ2) is 8.00. The number of pyridine rings is 1. The van der Waals surface area contributed by atoms with Gasteiger partial charge in [0.2, 0.25) is 5.95 Å². The van der Waals surface area contributed by atoms with Gasteiger partial charge in [-0.3, -0.25) is 9.36 Å². The molecule has 0 aliphatic heterocycles. The van der Waals surface area contributed by atoms with Crippen LogP contribution in [0.5, 0.6) is 0 Å². The molecule has 1 aromatic carbocycles. The third-order valence-corrected chi connectivity index (χ3v) is 4.45. The Labute approximate surface area is 168 Å². The highest BCUT2D eigenvalue weighted by Crippen LogP contribution is 2.20.